The van der Waals surface area contributed by atoms with Crippen LogP contribution in [0.1, 0.15) is 16.9 Å². The number of hydrogen-bond donors (Lipinski definition) is 0. The second-order valence-electron chi connectivity index (χ2n) is 7.07. The third-order valence-electron chi connectivity index (χ3n) is 5.47. The van der Waals surface area contributed by atoms with Gasteiger partial charge in [-0.25, -0.2) is 0 Å². The molecule has 2 heterocycles. The molecule has 3 aromatic rings. The van der Waals surface area contributed by atoms with Crippen LogP contribution in [0.4, 0.5) is 5.69 Å². The molecule has 0 unspecified atom stereocenters. The number of benzene rings is 2. The Labute approximate surface area is 173 Å². The van der Waals surface area contributed by atoms with Crippen LogP contribution >= 0.6 is 15.9 Å². The third kappa shape index (κ3) is 3.37. The lowest BCUT2D eigenvalue weighted by Crippen LogP contribution is -2.36. The molecule has 0 aliphatic carbocycles. The van der Waals surface area contributed by atoms with Crippen molar-refractivity contribution in [1.29, 1.82) is 0 Å². The minimum Gasteiger partial charge on any atom is -0.497 e. The first kappa shape index (κ1) is 18.9. The third-order valence-corrected chi connectivity index (χ3v) is 6.27. The highest BCUT2D eigenvalue weighted by atomic mass is 79.9. The predicted octanol–water partition coefficient (Wildman–Crippen LogP) is 4.30. The molecule has 0 radical (unpaired) electrons. The molecular formula is C22H24BrN3O2. The Hall–Kier alpha value is -2.47. The molecule has 0 saturated carbocycles. The summed E-state index contributed by atoms with van der Waals surface area (Å²) in [6.07, 6.45) is 0.944. The van der Waals surface area contributed by atoms with Gasteiger partial charge in [0.05, 0.1) is 11.6 Å². The summed E-state index contributed by atoms with van der Waals surface area (Å²) in [7, 11) is 3.64. The van der Waals surface area contributed by atoms with Gasteiger partial charge in [-0.1, -0.05) is 18.2 Å². The van der Waals surface area contributed by atoms with Gasteiger partial charge in [0, 0.05) is 49.8 Å². The molecule has 2 aromatic carbocycles. The van der Waals surface area contributed by atoms with Crippen LogP contribution in [0.3, 0.4) is 0 Å². The zero-order valence-electron chi connectivity index (χ0n) is 16.2. The number of nitrogens with zero attached hydrogens (tertiary/aromatic N) is 3. The monoisotopic (exact) mass is 441 g/mol. The van der Waals surface area contributed by atoms with Crippen LogP contribution in [0, 0.1) is 0 Å². The van der Waals surface area contributed by atoms with E-state index in [1.165, 1.54) is 5.69 Å². The fourth-order valence-corrected chi connectivity index (χ4v) is 4.68. The van der Waals surface area contributed by atoms with E-state index in [-0.39, 0.29) is 5.91 Å². The number of carbonyl (C=O) groups excluding carboxylic acids is 1. The van der Waals surface area contributed by atoms with Crippen LogP contribution in [-0.4, -0.2) is 48.7 Å². The molecule has 1 aliphatic heterocycles. The van der Waals surface area contributed by atoms with E-state index >= 15 is 0 Å². The zero-order chi connectivity index (χ0) is 19.7. The maximum Gasteiger partial charge on any atom is 0.271 e. The molecular weight excluding hydrogens is 418 g/mol. The highest BCUT2D eigenvalue weighted by Crippen LogP contribution is 2.31. The molecule has 0 N–H and O–H groups in total. The van der Waals surface area contributed by atoms with E-state index in [4.69, 9.17) is 4.74 Å². The van der Waals surface area contributed by atoms with Gasteiger partial charge in [0.2, 0.25) is 0 Å². The molecule has 0 bridgehead atoms. The van der Waals surface area contributed by atoms with E-state index < -0.39 is 0 Å². The molecule has 1 saturated heterocycles. The standard InChI is InChI=1S/C22H24BrN3O2/c1-24-19-7-4-3-6-18(19)20(23)21(24)22(27)26-13-5-12-25(14-15-26)16-8-10-17(28-2)11-9-16/h3-4,6-11H,5,12-15H2,1-2H3. The van der Waals surface area contributed by atoms with E-state index in [9.17, 15) is 4.79 Å². The number of ether oxygens (including phenoxy) is 1. The summed E-state index contributed by atoms with van der Waals surface area (Å²) < 4.78 is 8.12. The zero-order valence-corrected chi connectivity index (χ0v) is 17.8. The largest absolute Gasteiger partial charge is 0.497 e. The number of fused-ring (bicyclic) bond motifs is 1. The van der Waals surface area contributed by atoms with Crippen LogP contribution < -0.4 is 9.64 Å². The maximum atomic E-state index is 13.3. The summed E-state index contributed by atoms with van der Waals surface area (Å²) in [6.45, 7) is 3.23. The number of aromatic nitrogens is 1. The Morgan fingerprint density at radius 1 is 1.00 bits per heavy atom. The van der Waals surface area contributed by atoms with E-state index in [1.807, 2.05) is 52.9 Å². The van der Waals surface area contributed by atoms with Crippen molar-refractivity contribution in [3.8, 4) is 5.75 Å². The molecule has 1 amide bonds. The summed E-state index contributed by atoms with van der Waals surface area (Å²) in [6, 6.07) is 16.2. The first-order valence-corrected chi connectivity index (χ1v) is 10.3. The van der Waals surface area contributed by atoms with Crippen molar-refractivity contribution in [2.24, 2.45) is 7.05 Å². The summed E-state index contributed by atoms with van der Waals surface area (Å²) >= 11 is 3.66. The molecule has 1 aromatic heterocycles. The van der Waals surface area contributed by atoms with Gasteiger partial charge in [0.15, 0.2) is 0 Å². The molecule has 146 valence electrons. The van der Waals surface area contributed by atoms with Crippen molar-refractivity contribution < 1.29 is 9.53 Å². The van der Waals surface area contributed by atoms with Crippen LogP contribution in [0.25, 0.3) is 10.9 Å². The van der Waals surface area contributed by atoms with Gasteiger partial charge in [0.25, 0.3) is 5.91 Å². The van der Waals surface area contributed by atoms with Gasteiger partial charge in [-0.2, -0.15) is 0 Å². The topological polar surface area (TPSA) is 37.7 Å². The number of hydrogen-bond acceptors (Lipinski definition) is 3. The van der Waals surface area contributed by atoms with Crippen molar-refractivity contribution in [3.63, 3.8) is 0 Å². The number of aryl methyl sites for hydroxylation is 1. The number of methoxy groups -OCH3 is 1. The van der Waals surface area contributed by atoms with Crippen molar-refractivity contribution in [2.45, 2.75) is 6.42 Å². The molecule has 1 aliphatic rings. The number of amides is 1. The molecule has 0 atom stereocenters. The van der Waals surface area contributed by atoms with Gasteiger partial charge in [-0.15, -0.1) is 0 Å². The second-order valence-corrected chi connectivity index (χ2v) is 7.86. The molecule has 0 spiro atoms. The molecule has 5 nitrogen and oxygen atoms in total. The second kappa shape index (κ2) is 7.87. The first-order chi connectivity index (χ1) is 13.6. The lowest BCUT2D eigenvalue weighted by Gasteiger charge is -2.24. The van der Waals surface area contributed by atoms with Gasteiger partial charge in [0.1, 0.15) is 11.4 Å². The highest BCUT2D eigenvalue weighted by molar-refractivity contribution is 9.10. The fourth-order valence-electron chi connectivity index (χ4n) is 3.91. The Kier molecular flexibility index (Phi) is 5.31. The highest BCUT2D eigenvalue weighted by Gasteiger charge is 2.26. The van der Waals surface area contributed by atoms with Crippen molar-refractivity contribution in [3.05, 3.63) is 58.7 Å². The number of rotatable bonds is 3. The normalized spacial score (nSPS) is 15.0. The molecule has 6 heteroatoms. The fraction of sp³-hybridized carbons (Fsp3) is 0.318. The Morgan fingerprint density at radius 3 is 2.46 bits per heavy atom. The van der Waals surface area contributed by atoms with Crippen LogP contribution in [0.5, 0.6) is 5.75 Å². The summed E-state index contributed by atoms with van der Waals surface area (Å²) in [4.78, 5) is 17.6. The van der Waals surface area contributed by atoms with Crippen LogP contribution in [0.15, 0.2) is 53.0 Å². The minimum absolute atomic E-state index is 0.0853. The summed E-state index contributed by atoms with van der Waals surface area (Å²) in [5.74, 6) is 0.943. The molecule has 4 rings (SSSR count). The van der Waals surface area contributed by atoms with Gasteiger partial charge >= 0.3 is 0 Å². The van der Waals surface area contributed by atoms with Crippen LogP contribution in [-0.2, 0) is 7.05 Å². The maximum absolute atomic E-state index is 13.3. The van der Waals surface area contributed by atoms with Gasteiger partial charge in [-0.3, -0.25) is 4.79 Å². The van der Waals surface area contributed by atoms with E-state index in [1.54, 1.807) is 7.11 Å². The quantitative estimate of drug-likeness (QED) is 0.607. The average molecular weight is 442 g/mol. The lowest BCUT2D eigenvalue weighted by molar-refractivity contribution is 0.0757. The summed E-state index contributed by atoms with van der Waals surface area (Å²) in [5, 5.41) is 1.07. The molecule has 28 heavy (non-hydrogen) atoms. The van der Waals surface area contributed by atoms with E-state index in [2.05, 4.69) is 33.0 Å². The van der Waals surface area contributed by atoms with Crippen molar-refractivity contribution in [2.75, 3.05) is 38.2 Å². The SMILES string of the molecule is COc1ccc(N2CCCN(C(=O)c3c(Br)c4ccccc4n3C)CC2)cc1. The smallest absolute Gasteiger partial charge is 0.271 e. The number of carbonyl (C=O) groups is 1. The van der Waals surface area contributed by atoms with E-state index in [0.29, 0.717) is 6.54 Å². The van der Waals surface area contributed by atoms with Gasteiger partial charge in [-0.05, 0) is 52.7 Å². The number of anilines is 1. The Balaban J connectivity index is 1.53. The predicted molar refractivity (Wildman–Crippen MR) is 116 cm³/mol. The Morgan fingerprint density at radius 2 is 1.75 bits per heavy atom. The first-order valence-electron chi connectivity index (χ1n) is 9.51. The van der Waals surface area contributed by atoms with E-state index in [0.717, 1.165) is 52.9 Å². The number of halogens is 1. The molecule has 1 fully saturated rings. The lowest BCUT2D eigenvalue weighted by atomic mass is 10.2. The van der Waals surface area contributed by atoms with Crippen molar-refractivity contribution >= 4 is 38.4 Å². The number of para-hydroxylation sites is 1. The summed E-state index contributed by atoms with van der Waals surface area (Å²) in [5.41, 5.74) is 2.95. The average Bonchev–Trinajstić information content (AvgIpc) is 2.89. The van der Waals surface area contributed by atoms with Crippen molar-refractivity contribution in [1.82, 2.24) is 9.47 Å². The van der Waals surface area contributed by atoms with Crippen LogP contribution in [0.2, 0.25) is 0 Å². The van der Waals surface area contributed by atoms with Gasteiger partial charge < -0.3 is 19.1 Å². The Bertz CT molecular complexity index is 958. The minimum atomic E-state index is 0.0853.